The van der Waals surface area contributed by atoms with E-state index in [2.05, 4.69) is 4.74 Å². The van der Waals surface area contributed by atoms with Gasteiger partial charge in [-0.2, -0.15) is 0 Å². The van der Waals surface area contributed by atoms with Crippen LogP contribution in [0.2, 0.25) is 0 Å². The van der Waals surface area contributed by atoms with E-state index < -0.39 is 23.7 Å². The van der Waals surface area contributed by atoms with E-state index in [0.29, 0.717) is 5.56 Å². The van der Waals surface area contributed by atoms with Crippen LogP contribution in [0.3, 0.4) is 0 Å². The van der Waals surface area contributed by atoms with Gasteiger partial charge in [0, 0.05) is 0 Å². The Bertz CT molecular complexity index is 385. The summed E-state index contributed by atoms with van der Waals surface area (Å²) in [6.45, 7) is 0. The first-order valence-electron chi connectivity index (χ1n) is 4.59. The zero-order chi connectivity index (χ0) is 12.1. The number of carbonyl (C=O) groups excluding carboxylic acids is 1. The van der Waals surface area contributed by atoms with Crippen molar-refractivity contribution in [2.45, 2.75) is 12.3 Å². The molecule has 5 heteroatoms. The Labute approximate surface area is 91.7 Å². The van der Waals surface area contributed by atoms with Crippen LogP contribution < -0.4 is 0 Å². The summed E-state index contributed by atoms with van der Waals surface area (Å²) in [6.07, 6.45) is -0.266. The molecule has 0 saturated carbocycles. The third kappa shape index (κ3) is 3.05. The zero-order valence-corrected chi connectivity index (χ0v) is 8.64. The van der Waals surface area contributed by atoms with Gasteiger partial charge in [0.15, 0.2) is 0 Å². The van der Waals surface area contributed by atoms with E-state index in [1.165, 1.54) is 19.2 Å². The summed E-state index contributed by atoms with van der Waals surface area (Å²) >= 11 is 0. The summed E-state index contributed by atoms with van der Waals surface area (Å²) < 4.78 is 17.0. The Morgan fingerprint density at radius 2 is 1.94 bits per heavy atom. The first-order chi connectivity index (χ1) is 7.54. The lowest BCUT2D eigenvalue weighted by molar-refractivity contribution is -0.147. The van der Waals surface area contributed by atoms with Crippen LogP contribution in [-0.2, 0) is 14.3 Å². The summed E-state index contributed by atoms with van der Waals surface area (Å²) in [4.78, 5) is 21.9. The van der Waals surface area contributed by atoms with Crippen LogP contribution in [-0.4, -0.2) is 24.2 Å². The highest BCUT2D eigenvalue weighted by atomic mass is 19.1. The molecule has 16 heavy (non-hydrogen) atoms. The predicted octanol–water partition coefficient (Wildman–Crippen LogP) is 1.56. The fourth-order valence-corrected chi connectivity index (χ4v) is 1.29. The van der Waals surface area contributed by atoms with Gasteiger partial charge in [0.1, 0.15) is 5.82 Å². The van der Waals surface area contributed by atoms with E-state index in [4.69, 9.17) is 5.11 Å². The lowest BCUT2D eigenvalue weighted by Gasteiger charge is -2.10. The number of carboxylic acids is 1. The summed E-state index contributed by atoms with van der Waals surface area (Å²) in [6, 6.07) is 5.00. The summed E-state index contributed by atoms with van der Waals surface area (Å²) in [5, 5.41) is 8.94. The minimum Gasteiger partial charge on any atom is -0.481 e. The summed E-state index contributed by atoms with van der Waals surface area (Å²) in [7, 11) is 1.19. The van der Waals surface area contributed by atoms with Gasteiger partial charge in [0.25, 0.3) is 0 Å². The molecular weight excluding hydrogens is 215 g/mol. The Morgan fingerprint density at radius 3 is 2.38 bits per heavy atom. The lowest BCUT2D eigenvalue weighted by atomic mass is 9.96. The molecule has 0 aliphatic rings. The zero-order valence-electron chi connectivity index (χ0n) is 8.64. The van der Waals surface area contributed by atoms with E-state index in [9.17, 15) is 14.0 Å². The molecule has 4 nitrogen and oxygen atoms in total. The van der Waals surface area contributed by atoms with Crippen LogP contribution in [0, 0.1) is 5.82 Å². The topological polar surface area (TPSA) is 63.6 Å². The molecular formula is C11H11FO4. The number of aliphatic carboxylic acids is 1. The quantitative estimate of drug-likeness (QED) is 0.791. The predicted molar refractivity (Wildman–Crippen MR) is 53.4 cm³/mol. The van der Waals surface area contributed by atoms with Crippen LogP contribution in [0.5, 0.6) is 0 Å². The average Bonchev–Trinajstić information content (AvgIpc) is 2.26. The molecule has 86 valence electrons. The van der Waals surface area contributed by atoms with Gasteiger partial charge in [-0.25, -0.2) is 4.39 Å². The second-order valence-corrected chi connectivity index (χ2v) is 3.22. The number of carboxylic acid groups (broad SMARTS) is 1. The highest BCUT2D eigenvalue weighted by Crippen LogP contribution is 2.20. The molecule has 1 rings (SSSR count). The Balaban J connectivity index is 2.89. The van der Waals surface area contributed by atoms with E-state index in [0.717, 1.165) is 12.1 Å². The minimum atomic E-state index is -1.14. The van der Waals surface area contributed by atoms with Gasteiger partial charge in [-0.1, -0.05) is 12.1 Å². The molecule has 0 unspecified atom stereocenters. The van der Waals surface area contributed by atoms with Crippen molar-refractivity contribution in [1.29, 1.82) is 0 Å². The van der Waals surface area contributed by atoms with Crippen molar-refractivity contribution in [3.8, 4) is 0 Å². The fraction of sp³-hybridized carbons (Fsp3) is 0.273. The maximum atomic E-state index is 12.6. The monoisotopic (exact) mass is 226 g/mol. The molecule has 1 N–H and O–H groups in total. The normalized spacial score (nSPS) is 11.9. The molecule has 0 aliphatic carbocycles. The molecule has 0 bridgehead atoms. The van der Waals surface area contributed by atoms with Gasteiger partial charge in [-0.3, -0.25) is 9.59 Å². The molecule has 0 saturated heterocycles. The fourth-order valence-electron chi connectivity index (χ4n) is 1.29. The van der Waals surface area contributed by atoms with Crippen LogP contribution in [0.4, 0.5) is 4.39 Å². The first kappa shape index (κ1) is 12.2. The standard InChI is InChI=1S/C11H11FO4/c1-16-10(13)6-9(11(14)15)7-2-4-8(12)5-3-7/h2-5,9H,6H2,1H3,(H,14,15)/t9-/m0/s1. The van der Waals surface area contributed by atoms with Crippen molar-refractivity contribution < 1.29 is 23.8 Å². The van der Waals surface area contributed by atoms with E-state index in [1.807, 2.05) is 0 Å². The Morgan fingerprint density at radius 1 is 1.38 bits per heavy atom. The molecule has 1 atom stereocenters. The molecule has 0 amide bonds. The van der Waals surface area contributed by atoms with Gasteiger partial charge >= 0.3 is 11.9 Å². The smallest absolute Gasteiger partial charge is 0.311 e. The molecule has 1 aromatic rings. The van der Waals surface area contributed by atoms with Crippen molar-refractivity contribution in [3.63, 3.8) is 0 Å². The van der Waals surface area contributed by atoms with Gasteiger partial charge in [0.05, 0.1) is 19.4 Å². The summed E-state index contributed by atoms with van der Waals surface area (Å²) in [5.41, 5.74) is 0.374. The SMILES string of the molecule is COC(=O)C[C@H](C(=O)O)c1ccc(F)cc1. The second-order valence-electron chi connectivity index (χ2n) is 3.22. The average molecular weight is 226 g/mol. The molecule has 0 fully saturated rings. The maximum absolute atomic E-state index is 12.6. The van der Waals surface area contributed by atoms with E-state index in [-0.39, 0.29) is 6.42 Å². The second kappa shape index (κ2) is 5.25. The van der Waals surface area contributed by atoms with Crippen molar-refractivity contribution >= 4 is 11.9 Å². The van der Waals surface area contributed by atoms with Crippen molar-refractivity contribution in [2.24, 2.45) is 0 Å². The van der Waals surface area contributed by atoms with Gasteiger partial charge in [0.2, 0.25) is 0 Å². The van der Waals surface area contributed by atoms with Crippen LogP contribution in [0.25, 0.3) is 0 Å². The van der Waals surface area contributed by atoms with Crippen molar-refractivity contribution in [2.75, 3.05) is 7.11 Å². The van der Waals surface area contributed by atoms with Crippen molar-refractivity contribution in [3.05, 3.63) is 35.6 Å². The number of esters is 1. The number of hydrogen-bond acceptors (Lipinski definition) is 3. The molecule has 1 aromatic carbocycles. The number of benzene rings is 1. The van der Waals surface area contributed by atoms with Gasteiger partial charge in [-0.15, -0.1) is 0 Å². The lowest BCUT2D eigenvalue weighted by Crippen LogP contribution is -2.17. The summed E-state index contributed by atoms with van der Waals surface area (Å²) in [5.74, 6) is -3.22. The molecule has 0 radical (unpaired) electrons. The number of ether oxygens (including phenoxy) is 1. The third-order valence-electron chi connectivity index (χ3n) is 2.17. The molecule has 0 aromatic heterocycles. The minimum absolute atomic E-state index is 0.266. The Kier molecular flexibility index (Phi) is 3.99. The highest BCUT2D eigenvalue weighted by molar-refractivity contribution is 5.83. The van der Waals surface area contributed by atoms with Gasteiger partial charge < -0.3 is 9.84 Å². The molecule has 0 spiro atoms. The molecule has 0 heterocycles. The largest absolute Gasteiger partial charge is 0.481 e. The van der Waals surface area contributed by atoms with Crippen LogP contribution in [0.15, 0.2) is 24.3 Å². The number of halogens is 1. The maximum Gasteiger partial charge on any atom is 0.311 e. The van der Waals surface area contributed by atoms with E-state index >= 15 is 0 Å². The van der Waals surface area contributed by atoms with Crippen LogP contribution in [0.1, 0.15) is 17.9 Å². The Hall–Kier alpha value is -1.91. The number of hydrogen-bond donors (Lipinski definition) is 1. The van der Waals surface area contributed by atoms with Crippen molar-refractivity contribution in [1.82, 2.24) is 0 Å². The number of methoxy groups -OCH3 is 1. The van der Waals surface area contributed by atoms with E-state index in [1.54, 1.807) is 0 Å². The molecule has 0 aliphatic heterocycles. The van der Waals surface area contributed by atoms with Gasteiger partial charge in [-0.05, 0) is 17.7 Å². The number of carbonyl (C=O) groups is 2. The first-order valence-corrected chi connectivity index (χ1v) is 4.59. The van der Waals surface area contributed by atoms with Crippen LogP contribution >= 0.6 is 0 Å². The third-order valence-corrected chi connectivity index (χ3v) is 2.17. The highest BCUT2D eigenvalue weighted by Gasteiger charge is 2.23. The number of rotatable bonds is 4.